The van der Waals surface area contributed by atoms with E-state index in [9.17, 15) is 8.60 Å². The van der Waals surface area contributed by atoms with Crippen LogP contribution in [0.5, 0.6) is 5.75 Å². The third-order valence-corrected chi connectivity index (χ3v) is 5.95. The van der Waals surface area contributed by atoms with Gasteiger partial charge in [0.15, 0.2) is 11.6 Å². The standard InChI is InChI=1S/C17H25FO2S/c1-12(11-21(19)17(2,3)4)14-6-5-7-15(16(14)18)20-10-13-8-9-13/h5-7,12-13H,8-11H2,1-4H3/t12-,21-/m1/s1. The predicted molar refractivity (Wildman–Crippen MR) is 85.8 cm³/mol. The molecule has 0 aliphatic heterocycles. The smallest absolute Gasteiger partial charge is 0.168 e. The molecule has 0 radical (unpaired) electrons. The molecule has 0 amide bonds. The SMILES string of the molecule is C[C@H](C[S@@](=O)C(C)(C)C)c1cccc(OCC2CC2)c1F. The second kappa shape index (κ2) is 6.47. The van der Waals surface area contributed by atoms with Crippen molar-refractivity contribution in [2.45, 2.75) is 51.2 Å². The van der Waals surface area contributed by atoms with Crippen LogP contribution in [0.1, 0.15) is 52.0 Å². The lowest BCUT2D eigenvalue weighted by atomic mass is 10.0. The zero-order valence-electron chi connectivity index (χ0n) is 13.3. The first-order valence-electron chi connectivity index (χ1n) is 7.58. The fourth-order valence-corrected chi connectivity index (χ4v) is 3.21. The van der Waals surface area contributed by atoms with Crippen molar-refractivity contribution >= 4 is 10.8 Å². The van der Waals surface area contributed by atoms with Gasteiger partial charge in [-0.3, -0.25) is 4.21 Å². The monoisotopic (exact) mass is 312 g/mol. The molecule has 1 fully saturated rings. The van der Waals surface area contributed by atoms with E-state index in [1.54, 1.807) is 12.1 Å². The van der Waals surface area contributed by atoms with Crippen molar-refractivity contribution in [3.05, 3.63) is 29.6 Å². The third-order valence-electron chi connectivity index (χ3n) is 3.78. The minimum Gasteiger partial charge on any atom is -0.490 e. The fraction of sp³-hybridized carbons (Fsp3) is 0.647. The van der Waals surface area contributed by atoms with Gasteiger partial charge in [-0.1, -0.05) is 19.1 Å². The Balaban J connectivity index is 2.07. The van der Waals surface area contributed by atoms with Crippen molar-refractivity contribution in [2.24, 2.45) is 5.92 Å². The molecular weight excluding hydrogens is 287 g/mol. The van der Waals surface area contributed by atoms with E-state index >= 15 is 0 Å². The highest BCUT2D eigenvalue weighted by molar-refractivity contribution is 7.86. The second-order valence-corrected chi connectivity index (χ2v) is 9.19. The summed E-state index contributed by atoms with van der Waals surface area (Å²) in [6.45, 7) is 8.36. The third kappa shape index (κ3) is 4.53. The summed E-state index contributed by atoms with van der Waals surface area (Å²) in [4.78, 5) is 0. The zero-order valence-corrected chi connectivity index (χ0v) is 14.1. The molecule has 2 rings (SSSR count). The van der Waals surface area contributed by atoms with E-state index in [0.29, 0.717) is 29.6 Å². The van der Waals surface area contributed by atoms with E-state index < -0.39 is 10.8 Å². The highest BCUT2D eigenvalue weighted by atomic mass is 32.2. The lowest BCUT2D eigenvalue weighted by Gasteiger charge is -2.21. The number of ether oxygens (including phenoxy) is 1. The van der Waals surface area contributed by atoms with Gasteiger partial charge in [0, 0.05) is 21.3 Å². The molecule has 1 aliphatic carbocycles. The summed E-state index contributed by atoms with van der Waals surface area (Å²) in [6, 6.07) is 5.26. The van der Waals surface area contributed by atoms with Crippen molar-refractivity contribution < 1.29 is 13.3 Å². The summed E-state index contributed by atoms with van der Waals surface area (Å²) in [6.07, 6.45) is 2.37. The van der Waals surface area contributed by atoms with Gasteiger partial charge in [-0.05, 0) is 57.1 Å². The van der Waals surface area contributed by atoms with Gasteiger partial charge >= 0.3 is 0 Å². The minimum atomic E-state index is -0.991. The summed E-state index contributed by atoms with van der Waals surface area (Å²) < 4.78 is 32.0. The first-order chi connectivity index (χ1) is 9.79. The van der Waals surface area contributed by atoms with Gasteiger partial charge in [-0.25, -0.2) is 4.39 Å². The zero-order chi connectivity index (χ0) is 15.6. The van der Waals surface area contributed by atoms with Gasteiger partial charge in [0.25, 0.3) is 0 Å². The van der Waals surface area contributed by atoms with Gasteiger partial charge in [0.05, 0.1) is 6.61 Å². The molecule has 0 unspecified atom stereocenters. The average Bonchev–Trinajstić information content (AvgIpc) is 3.20. The lowest BCUT2D eigenvalue weighted by Crippen LogP contribution is -2.26. The van der Waals surface area contributed by atoms with Crippen LogP contribution in [0, 0.1) is 11.7 Å². The highest BCUT2D eigenvalue weighted by Crippen LogP contribution is 2.32. The second-order valence-electron chi connectivity index (χ2n) is 6.94. The number of hydrogen-bond acceptors (Lipinski definition) is 2. The van der Waals surface area contributed by atoms with Gasteiger partial charge < -0.3 is 4.74 Å². The fourth-order valence-electron chi connectivity index (χ4n) is 2.08. The van der Waals surface area contributed by atoms with Gasteiger partial charge in [0.1, 0.15) is 0 Å². The topological polar surface area (TPSA) is 26.3 Å². The minimum absolute atomic E-state index is 0.0884. The molecule has 0 saturated heterocycles. The molecule has 1 aromatic rings. The number of benzene rings is 1. The molecule has 0 heterocycles. The van der Waals surface area contributed by atoms with Crippen LogP contribution < -0.4 is 4.74 Å². The maximum Gasteiger partial charge on any atom is 0.168 e. The van der Waals surface area contributed by atoms with E-state index in [-0.39, 0.29) is 16.5 Å². The Morgan fingerprint density at radius 2 is 2.05 bits per heavy atom. The van der Waals surface area contributed by atoms with Crippen LogP contribution in [0.4, 0.5) is 4.39 Å². The molecule has 0 aromatic heterocycles. The van der Waals surface area contributed by atoms with E-state index in [1.165, 1.54) is 12.8 Å². The van der Waals surface area contributed by atoms with Gasteiger partial charge in [-0.15, -0.1) is 0 Å². The number of halogens is 1. The first kappa shape index (κ1) is 16.5. The molecule has 0 bridgehead atoms. The normalized spacial score (nSPS) is 18.3. The summed E-state index contributed by atoms with van der Waals surface area (Å²) in [5.41, 5.74) is 0.598. The van der Waals surface area contributed by atoms with Crippen molar-refractivity contribution in [1.82, 2.24) is 0 Å². The maximum absolute atomic E-state index is 14.5. The summed E-state index contributed by atoms with van der Waals surface area (Å²) in [5, 5.41) is 0. The maximum atomic E-state index is 14.5. The Kier molecular flexibility index (Phi) is 5.07. The molecule has 1 aromatic carbocycles. The highest BCUT2D eigenvalue weighted by Gasteiger charge is 2.25. The molecule has 2 atom stereocenters. The first-order valence-corrected chi connectivity index (χ1v) is 8.90. The van der Waals surface area contributed by atoms with E-state index in [2.05, 4.69) is 0 Å². The Hall–Kier alpha value is -0.900. The molecule has 0 spiro atoms. The molecule has 21 heavy (non-hydrogen) atoms. The lowest BCUT2D eigenvalue weighted by molar-refractivity contribution is 0.284. The van der Waals surface area contributed by atoms with Crippen LogP contribution >= 0.6 is 0 Å². The summed E-state index contributed by atoms with van der Waals surface area (Å²) in [5.74, 6) is 1.00. The average molecular weight is 312 g/mol. The van der Waals surface area contributed by atoms with Crippen molar-refractivity contribution in [1.29, 1.82) is 0 Å². The summed E-state index contributed by atoms with van der Waals surface area (Å²) in [7, 11) is -0.991. The Morgan fingerprint density at radius 1 is 1.38 bits per heavy atom. The molecule has 1 aliphatic rings. The Bertz CT molecular complexity index is 518. The number of hydrogen-bond donors (Lipinski definition) is 0. The van der Waals surface area contributed by atoms with E-state index in [1.807, 2.05) is 33.8 Å². The van der Waals surface area contributed by atoms with Crippen LogP contribution in [0.3, 0.4) is 0 Å². The molecule has 118 valence electrons. The van der Waals surface area contributed by atoms with E-state index in [4.69, 9.17) is 4.74 Å². The summed E-state index contributed by atoms with van der Waals surface area (Å²) >= 11 is 0. The quantitative estimate of drug-likeness (QED) is 0.784. The Morgan fingerprint density at radius 3 is 2.62 bits per heavy atom. The molecule has 2 nitrogen and oxygen atoms in total. The molecule has 0 N–H and O–H groups in total. The Labute approximate surface area is 129 Å². The largest absolute Gasteiger partial charge is 0.490 e. The van der Waals surface area contributed by atoms with Crippen LogP contribution in [0.15, 0.2) is 18.2 Å². The molecule has 1 saturated carbocycles. The van der Waals surface area contributed by atoms with Crippen LogP contribution in [0.25, 0.3) is 0 Å². The molecule has 4 heteroatoms. The van der Waals surface area contributed by atoms with E-state index in [0.717, 1.165) is 0 Å². The number of rotatable bonds is 6. The van der Waals surface area contributed by atoms with Gasteiger partial charge in [-0.2, -0.15) is 0 Å². The van der Waals surface area contributed by atoms with Crippen LogP contribution in [-0.2, 0) is 10.8 Å². The molecular formula is C17H25FO2S. The predicted octanol–water partition coefficient (Wildman–Crippen LogP) is 4.27. The van der Waals surface area contributed by atoms with Crippen molar-refractivity contribution in [2.75, 3.05) is 12.4 Å². The van der Waals surface area contributed by atoms with Crippen LogP contribution in [-0.4, -0.2) is 21.3 Å². The van der Waals surface area contributed by atoms with Crippen molar-refractivity contribution in [3.8, 4) is 5.75 Å². The van der Waals surface area contributed by atoms with Crippen molar-refractivity contribution in [3.63, 3.8) is 0 Å². The van der Waals surface area contributed by atoms with Crippen LogP contribution in [0.2, 0.25) is 0 Å². The van der Waals surface area contributed by atoms with Gasteiger partial charge in [0.2, 0.25) is 0 Å².